The van der Waals surface area contributed by atoms with Crippen LogP contribution in [0.1, 0.15) is 56.5 Å². The third kappa shape index (κ3) is 4.31. The summed E-state index contributed by atoms with van der Waals surface area (Å²) >= 11 is 0. The number of carbonyl (C=O) groups is 1. The first-order valence-electron chi connectivity index (χ1n) is 6.76. The van der Waals surface area contributed by atoms with Crippen molar-refractivity contribution in [3.8, 4) is 0 Å². The highest BCUT2D eigenvalue weighted by atomic mass is 16.2. The van der Waals surface area contributed by atoms with Crippen molar-refractivity contribution < 1.29 is 4.79 Å². The van der Waals surface area contributed by atoms with Crippen molar-refractivity contribution in [3.05, 3.63) is 11.6 Å². The van der Waals surface area contributed by atoms with Crippen LogP contribution in [0.2, 0.25) is 0 Å². The van der Waals surface area contributed by atoms with Gasteiger partial charge in [-0.2, -0.15) is 0 Å². The fraction of sp³-hybridized carbons (Fsp3) is 0.769. The Labute approximate surface area is 114 Å². The van der Waals surface area contributed by atoms with E-state index in [4.69, 9.17) is 5.73 Å². The molecule has 1 aromatic rings. The number of rotatable bonds is 6. The molecular weight excluding hydrogens is 242 g/mol. The molecule has 0 aliphatic heterocycles. The summed E-state index contributed by atoms with van der Waals surface area (Å²) < 4.78 is 0. The van der Waals surface area contributed by atoms with Gasteiger partial charge in [0.15, 0.2) is 0 Å². The van der Waals surface area contributed by atoms with Crippen LogP contribution in [0.5, 0.6) is 0 Å². The summed E-state index contributed by atoms with van der Waals surface area (Å²) in [4.78, 5) is 17.9. The van der Waals surface area contributed by atoms with Crippen LogP contribution in [0.4, 0.5) is 0 Å². The third-order valence-electron chi connectivity index (χ3n) is 3.24. The lowest BCUT2D eigenvalue weighted by Gasteiger charge is -2.20. The Kier molecular flexibility index (Phi) is 5.47. The van der Waals surface area contributed by atoms with Crippen molar-refractivity contribution in [2.24, 2.45) is 11.7 Å². The van der Waals surface area contributed by atoms with Gasteiger partial charge in [0.1, 0.15) is 5.82 Å². The SMILES string of the molecule is CC(C)c1nc(C(=O)N(C)CCC(N)C(C)C)n[nH]1. The van der Waals surface area contributed by atoms with Gasteiger partial charge < -0.3 is 10.6 Å². The molecule has 1 amide bonds. The zero-order valence-electron chi connectivity index (χ0n) is 12.5. The van der Waals surface area contributed by atoms with Crippen molar-refractivity contribution in [1.29, 1.82) is 0 Å². The zero-order chi connectivity index (χ0) is 14.6. The number of aromatic amines is 1. The van der Waals surface area contributed by atoms with Crippen molar-refractivity contribution in [3.63, 3.8) is 0 Å². The summed E-state index contributed by atoms with van der Waals surface area (Å²) in [5.41, 5.74) is 5.97. The summed E-state index contributed by atoms with van der Waals surface area (Å²) in [5.74, 6) is 1.44. The van der Waals surface area contributed by atoms with Gasteiger partial charge in [0.05, 0.1) is 0 Å². The topological polar surface area (TPSA) is 87.9 Å². The van der Waals surface area contributed by atoms with E-state index in [1.165, 1.54) is 0 Å². The standard InChI is InChI=1S/C13H25N5O/c1-8(2)10(14)6-7-18(5)13(19)12-15-11(9(3)4)16-17-12/h8-10H,6-7,14H2,1-5H3,(H,15,16,17). The van der Waals surface area contributed by atoms with Gasteiger partial charge in [0.25, 0.3) is 5.91 Å². The maximum absolute atomic E-state index is 12.1. The minimum absolute atomic E-state index is 0.105. The Morgan fingerprint density at radius 1 is 1.37 bits per heavy atom. The number of nitrogens with zero attached hydrogens (tertiary/aromatic N) is 3. The van der Waals surface area contributed by atoms with E-state index < -0.39 is 0 Å². The first-order chi connectivity index (χ1) is 8.82. The summed E-state index contributed by atoms with van der Waals surface area (Å²) in [7, 11) is 1.75. The predicted molar refractivity (Wildman–Crippen MR) is 74.9 cm³/mol. The average molecular weight is 267 g/mol. The van der Waals surface area contributed by atoms with Gasteiger partial charge in [-0.3, -0.25) is 9.89 Å². The number of hydrogen-bond acceptors (Lipinski definition) is 4. The van der Waals surface area contributed by atoms with Crippen molar-refractivity contribution in [2.45, 2.75) is 46.1 Å². The van der Waals surface area contributed by atoms with Crippen molar-refractivity contribution in [1.82, 2.24) is 20.1 Å². The lowest BCUT2D eigenvalue weighted by Crippen LogP contribution is -2.35. The molecule has 0 radical (unpaired) electrons. The van der Waals surface area contributed by atoms with Crippen LogP contribution >= 0.6 is 0 Å². The number of nitrogens with two attached hydrogens (primary N) is 1. The van der Waals surface area contributed by atoms with Crippen molar-refractivity contribution in [2.75, 3.05) is 13.6 Å². The van der Waals surface area contributed by atoms with E-state index in [9.17, 15) is 4.79 Å². The molecule has 0 aliphatic carbocycles. The van der Waals surface area contributed by atoms with Gasteiger partial charge in [0, 0.05) is 25.6 Å². The molecule has 3 N–H and O–H groups in total. The molecule has 1 atom stereocenters. The second-order valence-electron chi connectivity index (χ2n) is 5.62. The molecule has 6 nitrogen and oxygen atoms in total. The van der Waals surface area contributed by atoms with Crippen LogP contribution < -0.4 is 5.73 Å². The molecule has 0 bridgehead atoms. The van der Waals surface area contributed by atoms with Crippen molar-refractivity contribution >= 4 is 5.91 Å². The second-order valence-corrected chi connectivity index (χ2v) is 5.62. The summed E-state index contributed by atoms with van der Waals surface area (Å²) in [6.45, 7) is 8.78. The van der Waals surface area contributed by atoms with Crippen LogP contribution in [-0.4, -0.2) is 45.6 Å². The van der Waals surface area contributed by atoms with E-state index in [0.29, 0.717) is 12.5 Å². The van der Waals surface area contributed by atoms with Crippen LogP contribution in [0.3, 0.4) is 0 Å². The number of carbonyl (C=O) groups excluding carboxylic acids is 1. The van der Waals surface area contributed by atoms with E-state index in [-0.39, 0.29) is 23.7 Å². The Morgan fingerprint density at radius 2 is 2.00 bits per heavy atom. The maximum atomic E-state index is 12.1. The molecule has 0 aromatic carbocycles. The monoisotopic (exact) mass is 267 g/mol. The summed E-state index contributed by atoms with van der Waals surface area (Å²) in [5, 5.41) is 6.75. The molecule has 1 rings (SSSR count). The van der Waals surface area contributed by atoms with Gasteiger partial charge in [-0.15, -0.1) is 5.10 Å². The van der Waals surface area contributed by atoms with E-state index in [1.807, 2.05) is 13.8 Å². The van der Waals surface area contributed by atoms with Crippen LogP contribution in [0.25, 0.3) is 0 Å². The number of H-pyrrole nitrogens is 1. The van der Waals surface area contributed by atoms with E-state index in [0.717, 1.165) is 12.2 Å². The molecule has 6 heteroatoms. The van der Waals surface area contributed by atoms with E-state index >= 15 is 0 Å². The number of amides is 1. The molecule has 0 saturated heterocycles. The second kappa shape index (κ2) is 6.65. The van der Waals surface area contributed by atoms with E-state index in [1.54, 1.807) is 11.9 Å². The quantitative estimate of drug-likeness (QED) is 0.815. The van der Waals surface area contributed by atoms with Crippen LogP contribution in [0, 0.1) is 5.92 Å². The minimum Gasteiger partial charge on any atom is -0.339 e. The van der Waals surface area contributed by atoms with Gasteiger partial charge in [0.2, 0.25) is 5.82 Å². The van der Waals surface area contributed by atoms with Crippen LogP contribution in [0.15, 0.2) is 0 Å². The van der Waals surface area contributed by atoms with E-state index in [2.05, 4.69) is 29.0 Å². The number of nitrogens with one attached hydrogen (secondary N) is 1. The number of aromatic nitrogens is 3. The molecule has 0 aliphatic rings. The fourth-order valence-electron chi connectivity index (χ4n) is 1.58. The highest BCUT2D eigenvalue weighted by molar-refractivity contribution is 5.90. The molecule has 1 unspecified atom stereocenters. The molecular formula is C13H25N5O. The normalized spacial score (nSPS) is 13.1. The molecule has 108 valence electrons. The molecule has 1 aromatic heterocycles. The summed E-state index contributed by atoms with van der Waals surface area (Å²) in [6, 6.07) is 0.105. The Bertz CT molecular complexity index is 413. The molecule has 19 heavy (non-hydrogen) atoms. The maximum Gasteiger partial charge on any atom is 0.293 e. The molecule has 0 spiro atoms. The molecule has 1 heterocycles. The first-order valence-corrected chi connectivity index (χ1v) is 6.76. The highest BCUT2D eigenvalue weighted by Gasteiger charge is 2.19. The summed E-state index contributed by atoms with van der Waals surface area (Å²) in [6.07, 6.45) is 0.779. The third-order valence-corrected chi connectivity index (χ3v) is 3.24. The smallest absolute Gasteiger partial charge is 0.293 e. The van der Waals surface area contributed by atoms with Crippen LogP contribution in [-0.2, 0) is 0 Å². The lowest BCUT2D eigenvalue weighted by atomic mass is 10.0. The van der Waals surface area contributed by atoms with Gasteiger partial charge >= 0.3 is 0 Å². The average Bonchev–Trinajstić information content (AvgIpc) is 2.83. The van der Waals surface area contributed by atoms with Gasteiger partial charge in [-0.1, -0.05) is 27.7 Å². The molecule has 0 fully saturated rings. The fourth-order valence-corrected chi connectivity index (χ4v) is 1.58. The Hall–Kier alpha value is -1.43. The minimum atomic E-state index is -0.167. The Balaban J connectivity index is 2.56. The van der Waals surface area contributed by atoms with Gasteiger partial charge in [-0.25, -0.2) is 4.98 Å². The predicted octanol–water partition coefficient (Wildman–Crippen LogP) is 1.37. The molecule has 0 saturated carbocycles. The largest absolute Gasteiger partial charge is 0.339 e. The van der Waals surface area contributed by atoms with Gasteiger partial charge in [-0.05, 0) is 12.3 Å². The highest BCUT2D eigenvalue weighted by Crippen LogP contribution is 2.09. The number of hydrogen-bond donors (Lipinski definition) is 2. The zero-order valence-corrected chi connectivity index (χ0v) is 12.5. The first kappa shape index (κ1) is 15.6. The lowest BCUT2D eigenvalue weighted by molar-refractivity contribution is 0.0777. The Morgan fingerprint density at radius 3 is 2.47 bits per heavy atom.